The van der Waals surface area contributed by atoms with E-state index in [4.69, 9.17) is 9.47 Å². The second-order valence-corrected chi connectivity index (χ2v) is 31.8. The first-order valence-electron chi connectivity index (χ1n) is 28.5. The van der Waals surface area contributed by atoms with E-state index in [9.17, 15) is 105 Å². The molecule has 11 rings (SSSR count). The van der Waals surface area contributed by atoms with Crippen molar-refractivity contribution in [2.24, 2.45) is 0 Å². The van der Waals surface area contributed by atoms with Crippen LogP contribution in [-0.4, -0.2) is 38.9 Å². The van der Waals surface area contributed by atoms with Crippen LogP contribution in [0.5, 0.6) is 23.0 Å². The Morgan fingerprint density at radius 2 is 0.441 bits per heavy atom. The van der Waals surface area contributed by atoms with Gasteiger partial charge in [0.05, 0.1) is 21.8 Å². The fraction of sp³-hybridized carbons (Fsp3) is 0.0571. The molecule has 0 saturated carbocycles. The van der Waals surface area contributed by atoms with Crippen LogP contribution in [0.1, 0.15) is 22.3 Å². The van der Waals surface area contributed by atoms with E-state index in [1.807, 2.05) is 0 Å². The number of rotatable bonds is 15. The van der Waals surface area contributed by atoms with E-state index >= 15 is 0 Å². The highest BCUT2D eigenvalue weighted by molar-refractivity contribution is 7.97. The molecule has 0 bridgehead atoms. The molecule has 0 saturated heterocycles. The van der Waals surface area contributed by atoms with Crippen molar-refractivity contribution < 1.29 is 135 Å². The molecule has 0 aliphatic carbocycles. The molecule has 0 heterocycles. The lowest BCUT2D eigenvalue weighted by molar-refractivity contribution is -0.597. The number of benzene rings is 11. The zero-order valence-electron chi connectivity index (χ0n) is 52.1. The molecule has 11 nitrogen and oxygen atoms in total. The van der Waals surface area contributed by atoms with Crippen LogP contribution in [0.2, 0.25) is 0 Å². The molecule has 0 atom stereocenters. The first kappa shape index (κ1) is 78.8. The third-order valence-corrected chi connectivity index (χ3v) is 24.3. The van der Waals surface area contributed by atoms with Gasteiger partial charge >= 0.3 is 21.2 Å². The van der Waals surface area contributed by atoms with Gasteiger partial charge in [-0.1, -0.05) is 72.8 Å². The predicted octanol–water partition coefficient (Wildman–Crippen LogP) is 14.7. The highest BCUT2D eigenvalue weighted by Crippen LogP contribution is 2.39. The highest BCUT2D eigenvalue weighted by atomic mass is 127. The molecule has 0 aliphatic heterocycles. The minimum absolute atomic E-state index is 0.203. The monoisotopic (exact) mass is 1630 g/mol. The van der Waals surface area contributed by atoms with Crippen molar-refractivity contribution in [1.82, 2.24) is 0 Å². The molecule has 0 radical (unpaired) electrons. The molecule has 32 heteroatoms. The van der Waals surface area contributed by atoms with Gasteiger partial charge in [0, 0.05) is 22.3 Å². The molecule has 0 fully saturated rings. The number of hydrogen-bond donors (Lipinski definition) is 0. The van der Waals surface area contributed by atoms with Crippen molar-refractivity contribution in [2.45, 2.75) is 71.8 Å². The summed E-state index contributed by atoms with van der Waals surface area (Å²) in [5, 5.41) is 0. The van der Waals surface area contributed by atoms with Crippen LogP contribution in [0.25, 0.3) is 0 Å². The van der Waals surface area contributed by atoms with Crippen molar-refractivity contribution in [3.8, 4) is 23.0 Å². The number of hydrogen-bond acceptors (Lipinski definition) is 11. The van der Waals surface area contributed by atoms with Crippen molar-refractivity contribution in [2.75, 3.05) is 0 Å². The van der Waals surface area contributed by atoms with E-state index in [1.54, 1.807) is 0 Å². The second-order valence-electron chi connectivity index (χ2n) is 20.9. The Kier molecular flexibility index (Phi) is 25.6. The second kappa shape index (κ2) is 33.1. The zero-order chi connectivity index (χ0) is 75.0. The van der Waals surface area contributed by atoms with Crippen LogP contribution in [0.15, 0.2) is 238 Å². The van der Waals surface area contributed by atoms with Gasteiger partial charge in [-0.25, -0.2) is 91.1 Å². The first-order valence-corrected chi connectivity index (χ1v) is 37.3. The van der Waals surface area contributed by atoms with Gasteiger partial charge in [0.2, 0.25) is 17.5 Å². The van der Waals surface area contributed by atoms with E-state index in [2.05, 4.69) is 222 Å². The molecule has 0 unspecified atom stereocenters. The number of ether oxygens (including phenoxy) is 2. The topological polar surface area (TPSA) is 190 Å². The summed E-state index contributed by atoms with van der Waals surface area (Å²) in [6.07, 6.45) is 0. The molecule has 0 spiro atoms. The maximum atomic E-state index is 12.6. The lowest BCUT2D eigenvalue weighted by atomic mass is 10.2. The number of halogens is 16. The van der Waals surface area contributed by atoms with E-state index in [1.165, 1.54) is 58.8 Å². The van der Waals surface area contributed by atoms with Crippen LogP contribution in [0.4, 0.5) is 65.9 Å². The summed E-state index contributed by atoms with van der Waals surface area (Å²) in [5.74, 6) is -35.1. The molecule has 102 heavy (non-hydrogen) atoms. The van der Waals surface area contributed by atoms with Gasteiger partial charge in [-0.2, -0.15) is 0 Å². The van der Waals surface area contributed by atoms with Crippen molar-refractivity contribution >= 4 is 52.1 Å². The molecule has 11 aromatic carbocycles. The van der Waals surface area contributed by atoms with Crippen molar-refractivity contribution in [3.63, 3.8) is 0 Å². The van der Waals surface area contributed by atoms with E-state index < -0.39 is 132 Å². The fourth-order valence-corrected chi connectivity index (χ4v) is 17.9. The molecule has 0 aromatic heterocycles. The van der Waals surface area contributed by atoms with E-state index in [0.717, 1.165) is 23.0 Å². The van der Waals surface area contributed by atoms with Gasteiger partial charge in [-0.3, -0.25) is 0 Å². The molecule has 0 aliphatic rings. The van der Waals surface area contributed by atoms with E-state index in [0.29, 0.717) is 0 Å². The zero-order valence-corrected chi connectivity index (χ0v) is 58.3. The third-order valence-electron chi connectivity index (χ3n) is 13.9. The molecule has 11 aromatic rings. The Hall–Kier alpha value is -8.87. The highest BCUT2D eigenvalue weighted by Gasteiger charge is 2.35. The molecular formula is C70H44F15IO11S5. The van der Waals surface area contributed by atoms with Gasteiger partial charge < -0.3 is 23.1 Å². The van der Waals surface area contributed by atoms with Crippen LogP contribution < -0.4 is 30.7 Å². The quantitative estimate of drug-likeness (QED) is 0.0237. The van der Waals surface area contributed by atoms with Crippen LogP contribution in [0.3, 0.4) is 0 Å². The Morgan fingerprint density at radius 1 is 0.265 bits per heavy atom. The first-order chi connectivity index (χ1) is 47.9. The van der Waals surface area contributed by atoms with Crippen LogP contribution in [0, 0.1) is 122 Å². The van der Waals surface area contributed by atoms with Crippen LogP contribution in [-0.2, 0) is 52.1 Å². The van der Waals surface area contributed by atoms with Crippen LogP contribution >= 0.6 is 0 Å². The summed E-state index contributed by atoms with van der Waals surface area (Å²) in [6.45, 7) is 8.82. The standard InChI is InChI=1S/C52H44IO2S2.3C6HF5O3S/c1-37-13-5-9-17-49(37)56(50-18-10-6-14-38(50)2)47-33-29-45(30-34-47)54-43-25-21-41(22-26-43)53-42-23-27-44(28-24-42)55-46-31-35-48(36-32-46)57(51-19-11-7-15-39(51)3)52-20-12-8-16-40(52)4;3*7-1-2(8)4(10)6(15(12,13)14)5(11)3(1)9/h5-36H,1-4H3;3*(H,12,13,14)/q+3;;;/p-3. The van der Waals surface area contributed by atoms with Gasteiger partial charge in [0.15, 0.2) is 106 Å². The Labute approximate surface area is 589 Å². The van der Waals surface area contributed by atoms with Gasteiger partial charge in [0.1, 0.15) is 68.0 Å². The average Bonchev–Trinajstić information content (AvgIpc) is 0.771. The van der Waals surface area contributed by atoms with Gasteiger partial charge in [-0.05, 0) is 149 Å². The summed E-state index contributed by atoms with van der Waals surface area (Å²) >= 11 is -0.353. The summed E-state index contributed by atoms with van der Waals surface area (Å²) in [6, 6.07) is 69.2. The lowest BCUT2D eigenvalue weighted by Gasteiger charge is -2.12. The lowest BCUT2D eigenvalue weighted by Crippen LogP contribution is -3.61. The van der Waals surface area contributed by atoms with Gasteiger partial charge in [-0.15, -0.1) is 0 Å². The largest absolute Gasteiger partial charge is 0.744 e. The average molecular weight is 1630 g/mol. The molecule has 0 amide bonds. The maximum Gasteiger partial charge on any atom is 0.357 e. The molecule has 0 N–H and O–H groups in total. The summed E-state index contributed by atoms with van der Waals surface area (Å²) in [4.78, 5) is 0.852. The Bertz CT molecular complexity index is 4710. The van der Waals surface area contributed by atoms with Crippen molar-refractivity contribution in [1.29, 1.82) is 0 Å². The minimum atomic E-state index is -5.77. The Morgan fingerprint density at radius 3 is 0.627 bits per heavy atom. The summed E-state index contributed by atoms with van der Waals surface area (Å²) in [7, 11) is -17.7. The van der Waals surface area contributed by atoms with Crippen molar-refractivity contribution in [3.05, 3.63) is 311 Å². The normalized spacial score (nSPS) is 11.5. The molecular weight excluding hydrogens is 1590 g/mol. The van der Waals surface area contributed by atoms with Gasteiger partial charge in [0.25, 0.3) is 0 Å². The summed E-state index contributed by atoms with van der Waals surface area (Å²) in [5.41, 5.74) is 5.22. The Balaban J connectivity index is 0.000000235. The smallest absolute Gasteiger partial charge is 0.357 e. The fourth-order valence-electron chi connectivity index (χ4n) is 9.12. The summed E-state index contributed by atoms with van der Waals surface area (Å²) < 4.78 is 294. The number of aryl methyl sites for hydroxylation is 4. The maximum absolute atomic E-state index is 12.6. The minimum Gasteiger partial charge on any atom is -0.744 e. The predicted molar refractivity (Wildman–Crippen MR) is 335 cm³/mol. The molecule has 532 valence electrons. The third kappa shape index (κ3) is 18.3. The van der Waals surface area contributed by atoms with E-state index in [-0.39, 0.29) is 43.0 Å². The SMILES string of the molecule is Cc1ccccc1[S+](c1ccc(Oc2ccc([I+]c3ccc(Oc4ccc([S+](c5ccccc5C)c5ccccc5C)cc4)cc3)cc2)cc1)c1ccccc1C.O=S(=O)([O-])c1c(F)c(F)c(F)c(F)c1F.O=S(=O)([O-])c1c(F)c(F)c(F)c(F)c1F.O=S(=O)([O-])c1c(F)c(F)c(F)c(F)c1F.